The number of benzene rings is 1. The molecule has 1 aliphatic heterocycles. The molecule has 1 atom stereocenters. The largest absolute Gasteiger partial charge is 0.355 e. The minimum atomic E-state index is -0.0237. The van der Waals surface area contributed by atoms with Gasteiger partial charge in [0.15, 0.2) is 5.76 Å². The fraction of sp³-hybridized carbons (Fsp3) is 0.350. The third-order valence-corrected chi connectivity index (χ3v) is 5.00. The molecule has 0 bridgehead atoms. The van der Waals surface area contributed by atoms with Crippen LogP contribution < -0.4 is 0 Å². The number of amides is 1. The number of aryl methyl sites for hydroxylation is 1. The number of nitrogens with zero attached hydrogens (tertiary/aromatic N) is 4. The lowest BCUT2D eigenvalue weighted by Crippen LogP contribution is -2.39. The van der Waals surface area contributed by atoms with Gasteiger partial charge in [-0.15, -0.1) is 0 Å². The van der Waals surface area contributed by atoms with E-state index in [0.717, 1.165) is 37.3 Å². The first-order chi connectivity index (χ1) is 12.8. The van der Waals surface area contributed by atoms with Gasteiger partial charge in [0, 0.05) is 43.5 Å². The van der Waals surface area contributed by atoms with Crippen LogP contribution >= 0.6 is 0 Å². The fourth-order valence-corrected chi connectivity index (χ4v) is 3.68. The number of carbonyl (C=O) groups is 1. The van der Waals surface area contributed by atoms with Crippen molar-refractivity contribution in [2.24, 2.45) is 0 Å². The Labute approximate surface area is 152 Å². The monoisotopic (exact) mass is 350 g/mol. The number of hydrogen-bond donors (Lipinski definition) is 0. The third kappa shape index (κ3) is 3.03. The van der Waals surface area contributed by atoms with Gasteiger partial charge >= 0.3 is 0 Å². The zero-order chi connectivity index (χ0) is 17.9. The number of piperidine rings is 1. The average Bonchev–Trinajstić information content (AvgIpc) is 3.37. The van der Waals surface area contributed by atoms with E-state index < -0.39 is 0 Å². The van der Waals surface area contributed by atoms with Gasteiger partial charge in [-0.3, -0.25) is 4.79 Å². The second kappa shape index (κ2) is 7.15. The highest BCUT2D eigenvalue weighted by Crippen LogP contribution is 2.29. The van der Waals surface area contributed by atoms with Crippen molar-refractivity contribution in [3.63, 3.8) is 0 Å². The maximum Gasteiger partial charge on any atom is 0.259 e. The normalized spacial score (nSPS) is 17.4. The van der Waals surface area contributed by atoms with Crippen LogP contribution in [0.15, 0.2) is 53.4 Å². The maximum absolute atomic E-state index is 13.1. The Morgan fingerprint density at radius 3 is 2.96 bits per heavy atom. The maximum atomic E-state index is 13.1. The van der Waals surface area contributed by atoms with Gasteiger partial charge in [0.2, 0.25) is 0 Å². The van der Waals surface area contributed by atoms with E-state index in [2.05, 4.69) is 21.6 Å². The number of likely N-dealkylation sites (tertiary alicyclic amines) is 1. The molecule has 1 amide bonds. The fourth-order valence-electron chi connectivity index (χ4n) is 3.68. The highest BCUT2D eigenvalue weighted by atomic mass is 16.5. The van der Waals surface area contributed by atoms with Crippen LogP contribution in [0.25, 0.3) is 11.3 Å². The number of rotatable bonds is 4. The third-order valence-electron chi connectivity index (χ3n) is 5.00. The van der Waals surface area contributed by atoms with Crippen molar-refractivity contribution < 1.29 is 9.32 Å². The summed E-state index contributed by atoms with van der Waals surface area (Å²) >= 11 is 0. The highest BCUT2D eigenvalue weighted by molar-refractivity contribution is 5.99. The molecule has 1 saturated heterocycles. The van der Waals surface area contributed by atoms with Crippen LogP contribution in [0, 0.1) is 0 Å². The van der Waals surface area contributed by atoms with Gasteiger partial charge in [-0.25, -0.2) is 4.98 Å². The Morgan fingerprint density at radius 2 is 2.15 bits per heavy atom. The molecule has 3 aromatic rings. The van der Waals surface area contributed by atoms with Crippen molar-refractivity contribution in [3.05, 3.63) is 60.3 Å². The SMILES string of the molecule is CCn1ccnc1C1CCCN(C(=O)c2cnoc2-c2ccccc2)C1. The van der Waals surface area contributed by atoms with Crippen LogP contribution in [-0.2, 0) is 6.54 Å². The molecule has 2 aromatic heterocycles. The summed E-state index contributed by atoms with van der Waals surface area (Å²) in [6, 6.07) is 9.64. The molecular formula is C20H22N4O2. The second-order valence-corrected chi connectivity index (χ2v) is 6.60. The van der Waals surface area contributed by atoms with Gasteiger partial charge in [-0.05, 0) is 19.8 Å². The highest BCUT2D eigenvalue weighted by Gasteiger charge is 2.30. The predicted octanol–water partition coefficient (Wildman–Crippen LogP) is 3.58. The summed E-state index contributed by atoms with van der Waals surface area (Å²) in [5, 5.41) is 3.87. The quantitative estimate of drug-likeness (QED) is 0.721. The van der Waals surface area contributed by atoms with Crippen molar-refractivity contribution in [2.45, 2.75) is 32.2 Å². The first kappa shape index (κ1) is 16.6. The second-order valence-electron chi connectivity index (χ2n) is 6.60. The van der Waals surface area contributed by atoms with E-state index >= 15 is 0 Å². The first-order valence-electron chi connectivity index (χ1n) is 9.08. The number of hydrogen-bond acceptors (Lipinski definition) is 4. The van der Waals surface area contributed by atoms with E-state index in [0.29, 0.717) is 17.9 Å². The summed E-state index contributed by atoms with van der Waals surface area (Å²) in [7, 11) is 0. The molecule has 1 unspecified atom stereocenters. The molecular weight excluding hydrogens is 328 g/mol. The lowest BCUT2D eigenvalue weighted by Gasteiger charge is -2.32. The van der Waals surface area contributed by atoms with Crippen molar-refractivity contribution in [1.82, 2.24) is 19.6 Å². The summed E-state index contributed by atoms with van der Waals surface area (Å²) in [6.45, 7) is 4.43. The summed E-state index contributed by atoms with van der Waals surface area (Å²) in [5.74, 6) is 1.85. The lowest BCUT2D eigenvalue weighted by molar-refractivity contribution is 0.0703. The minimum absolute atomic E-state index is 0.0237. The lowest BCUT2D eigenvalue weighted by atomic mass is 9.96. The zero-order valence-corrected chi connectivity index (χ0v) is 14.8. The van der Waals surface area contributed by atoms with Crippen LogP contribution in [-0.4, -0.2) is 38.6 Å². The summed E-state index contributed by atoms with van der Waals surface area (Å²) in [6.07, 6.45) is 7.40. The summed E-state index contributed by atoms with van der Waals surface area (Å²) in [5.41, 5.74) is 1.39. The van der Waals surface area contributed by atoms with Crippen LogP contribution in [0.3, 0.4) is 0 Å². The molecule has 26 heavy (non-hydrogen) atoms. The van der Waals surface area contributed by atoms with Crippen molar-refractivity contribution in [1.29, 1.82) is 0 Å². The predicted molar refractivity (Wildman–Crippen MR) is 97.7 cm³/mol. The molecule has 0 aliphatic carbocycles. The summed E-state index contributed by atoms with van der Waals surface area (Å²) in [4.78, 5) is 19.6. The molecule has 1 fully saturated rings. The van der Waals surface area contributed by atoms with Crippen molar-refractivity contribution in [3.8, 4) is 11.3 Å². The molecule has 0 radical (unpaired) electrons. The average molecular weight is 350 g/mol. The smallest absolute Gasteiger partial charge is 0.259 e. The molecule has 1 aromatic carbocycles. The van der Waals surface area contributed by atoms with Gasteiger partial charge < -0.3 is 14.0 Å². The van der Waals surface area contributed by atoms with Gasteiger partial charge in [-0.1, -0.05) is 35.5 Å². The Morgan fingerprint density at radius 1 is 1.31 bits per heavy atom. The van der Waals surface area contributed by atoms with E-state index in [4.69, 9.17) is 4.52 Å². The van der Waals surface area contributed by atoms with E-state index in [1.807, 2.05) is 47.6 Å². The van der Waals surface area contributed by atoms with Crippen LogP contribution in [0.1, 0.15) is 41.9 Å². The molecule has 1 aliphatic rings. The number of imidazole rings is 1. The molecule has 3 heterocycles. The molecule has 0 saturated carbocycles. The standard InChI is InChI=1S/C20H22N4O2/c1-2-23-12-10-21-19(23)16-9-6-11-24(14-16)20(25)17-13-22-26-18(17)15-7-4-3-5-8-15/h3-5,7-8,10,12-13,16H,2,6,9,11,14H2,1H3. The minimum Gasteiger partial charge on any atom is -0.355 e. The van der Waals surface area contributed by atoms with Crippen molar-refractivity contribution >= 4 is 5.91 Å². The van der Waals surface area contributed by atoms with Crippen molar-refractivity contribution in [2.75, 3.05) is 13.1 Å². The zero-order valence-electron chi connectivity index (χ0n) is 14.8. The number of aromatic nitrogens is 3. The molecule has 0 spiro atoms. The molecule has 0 N–H and O–H groups in total. The topological polar surface area (TPSA) is 64.2 Å². The van der Waals surface area contributed by atoms with Gasteiger partial charge in [0.1, 0.15) is 11.4 Å². The van der Waals surface area contributed by atoms with E-state index in [1.54, 1.807) is 0 Å². The molecule has 6 heteroatoms. The van der Waals surface area contributed by atoms with Gasteiger partial charge in [-0.2, -0.15) is 0 Å². The first-order valence-corrected chi connectivity index (χ1v) is 9.08. The number of carbonyl (C=O) groups excluding carboxylic acids is 1. The van der Waals surface area contributed by atoms with Gasteiger partial charge in [0.25, 0.3) is 5.91 Å². The summed E-state index contributed by atoms with van der Waals surface area (Å²) < 4.78 is 7.54. The Hall–Kier alpha value is -2.89. The molecule has 134 valence electrons. The Balaban J connectivity index is 1.57. The van der Waals surface area contributed by atoms with E-state index in [9.17, 15) is 4.79 Å². The van der Waals surface area contributed by atoms with Crippen LogP contribution in [0.4, 0.5) is 0 Å². The molecule has 4 rings (SSSR count). The van der Waals surface area contributed by atoms with Crippen LogP contribution in [0.2, 0.25) is 0 Å². The van der Waals surface area contributed by atoms with E-state index in [-0.39, 0.29) is 11.8 Å². The van der Waals surface area contributed by atoms with Crippen LogP contribution in [0.5, 0.6) is 0 Å². The molecule has 6 nitrogen and oxygen atoms in total. The van der Waals surface area contributed by atoms with E-state index in [1.165, 1.54) is 6.20 Å². The van der Waals surface area contributed by atoms with Gasteiger partial charge in [0.05, 0.1) is 6.20 Å². The Bertz CT molecular complexity index is 884. The Kier molecular flexibility index (Phi) is 4.56.